The number of anilines is 1. The molecule has 1 aromatic carbocycles. The number of piperidine rings is 1. The molecule has 200 valence electrons. The number of nitrogens with one attached hydrogen (secondary N) is 1. The molecular formula is C23H31Cl2N9O2S. The Morgan fingerprint density at radius 2 is 1.97 bits per heavy atom. The molecule has 0 saturated carbocycles. The molecule has 11 nitrogen and oxygen atoms in total. The second kappa shape index (κ2) is 10.6. The average molecular weight is 569 g/mol. The minimum atomic E-state index is -3.65. The van der Waals surface area contributed by atoms with Crippen LogP contribution in [0.1, 0.15) is 37.1 Å². The van der Waals surface area contributed by atoms with Crippen LogP contribution in [0.25, 0.3) is 11.2 Å². The highest BCUT2D eigenvalue weighted by Gasteiger charge is 2.37. The first-order valence-electron chi connectivity index (χ1n) is 12.4. The fourth-order valence-corrected chi connectivity index (χ4v) is 6.27. The summed E-state index contributed by atoms with van der Waals surface area (Å²) in [4.78, 5) is 14.1. The van der Waals surface area contributed by atoms with Crippen LogP contribution in [-0.4, -0.2) is 77.5 Å². The van der Waals surface area contributed by atoms with E-state index < -0.39 is 10.2 Å². The van der Waals surface area contributed by atoms with Crippen molar-refractivity contribution >= 4 is 50.5 Å². The Labute approximate surface area is 226 Å². The highest BCUT2D eigenvalue weighted by Crippen LogP contribution is 2.34. The van der Waals surface area contributed by atoms with Crippen molar-refractivity contribution in [3.63, 3.8) is 0 Å². The first-order chi connectivity index (χ1) is 17.6. The second-order valence-corrected chi connectivity index (χ2v) is 12.2. The van der Waals surface area contributed by atoms with Gasteiger partial charge in [0.2, 0.25) is 5.95 Å². The molecule has 2 aliphatic heterocycles. The summed E-state index contributed by atoms with van der Waals surface area (Å²) in [6, 6.07) is 5.25. The number of fused-ring (bicyclic) bond motifs is 1. The number of aromatic nitrogens is 5. The largest absolute Gasteiger partial charge is 0.340 e. The SMILES string of the molecule is Cc1nc(N2CC([C@H]3CCCN(CCNS(N)(=O)=O)C3)C2)nc2c1nnn2[C@H](C)c1ccc(Cl)cc1Cl. The van der Waals surface area contributed by atoms with E-state index in [-0.39, 0.29) is 6.04 Å². The van der Waals surface area contributed by atoms with E-state index in [4.69, 9.17) is 38.3 Å². The first-order valence-corrected chi connectivity index (χ1v) is 14.7. The Morgan fingerprint density at radius 1 is 1.19 bits per heavy atom. The number of halogens is 2. The van der Waals surface area contributed by atoms with Crippen LogP contribution in [0.4, 0.5) is 5.95 Å². The van der Waals surface area contributed by atoms with Crippen molar-refractivity contribution in [2.24, 2.45) is 17.0 Å². The summed E-state index contributed by atoms with van der Waals surface area (Å²) in [6.07, 6.45) is 2.28. The van der Waals surface area contributed by atoms with Gasteiger partial charge in [0.05, 0.1) is 11.7 Å². The quantitative estimate of drug-likeness (QED) is 0.423. The van der Waals surface area contributed by atoms with E-state index in [9.17, 15) is 8.42 Å². The van der Waals surface area contributed by atoms with Gasteiger partial charge in [0.1, 0.15) is 0 Å². The summed E-state index contributed by atoms with van der Waals surface area (Å²) in [7, 11) is -3.65. The second-order valence-electron chi connectivity index (χ2n) is 9.96. The minimum absolute atomic E-state index is 0.182. The first kappa shape index (κ1) is 26.5. The van der Waals surface area contributed by atoms with E-state index >= 15 is 0 Å². The third-order valence-corrected chi connectivity index (χ3v) is 8.57. The molecule has 3 N–H and O–H groups in total. The third-order valence-electron chi connectivity index (χ3n) is 7.40. The topological polar surface area (TPSA) is 135 Å². The molecule has 0 unspecified atom stereocenters. The summed E-state index contributed by atoms with van der Waals surface area (Å²) >= 11 is 12.5. The summed E-state index contributed by atoms with van der Waals surface area (Å²) in [6.45, 7) is 8.64. The Kier molecular flexibility index (Phi) is 7.58. The van der Waals surface area contributed by atoms with Gasteiger partial charge in [-0.05, 0) is 62.8 Å². The van der Waals surface area contributed by atoms with Gasteiger partial charge in [0.15, 0.2) is 11.2 Å². The maximum absolute atomic E-state index is 11.1. The summed E-state index contributed by atoms with van der Waals surface area (Å²) in [5, 5.41) is 14.9. The molecule has 37 heavy (non-hydrogen) atoms. The van der Waals surface area contributed by atoms with Crippen molar-refractivity contribution in [3.8, 4) is 0 Å². The predicted molar refractivity (Wildman–Crippen MR) is 144 cm³/mol. The molecule has 0 spiro atoms. The van der Waals surface area contributed by atoms with Crippen LogP contribution < -0.4 is 14.8 Å². The molecule has 14 heteroatoms. The van der Waals surface area contributed by atoms with E-state index in [1.54, 1.807) is 10.7 Å². The molecule has 2 fully saturated rings. The smallest absolute Gasteiger partial charge is 0.274 e. The molecule has 5 rings (SSSR count). The fraction of sp³-hybridized carbons (Fsp3) is 0.565. The number of benzene rings is 1. The van der Waals surface area contributed by atoms with Crippen LogP contribution >= 0.6 is 23.2 Å². The molecule has 0 bridgehead atoms. The third kappa shape index (κ3) is 5.84. The lowest BCUT2D eigenvalue weighted by atomic mass is 9.81. The van der Waals surface area contributed by atoms with E-state index in [1.807, 2.05) is 26.0 Å². The average Bonchev–Trinajstić information content (AvgIpc) is 3.22. The number of nitrogens with two attached hydrogens (primary N) is 1. The Bertz CT molecular complexity index is 1390. The van der Waals surface area contributed by atoms with Gasteiger partial charge in [-0.2, -0.15) is 13.4 Å². The normalized spacial score (nSPS) is 20.4. The van der Waals surface area contributed by atoms with E-state index in [0.717, 1.165) is 43.9 Å². The molecule has 2 aliphatic rings. The minimum Gasteiger partial charge on any atom is -0.340 e. The number of hydrogen-bond acceptors (Lipinski definition) is 8. The van der Waals surface area contributed by atoms with Crippen LogP contribution in [0.3, 0.4) is 0 Å². The van der Waals surface area contributed by atoms with Gasteiger partial charge in [-0.1, -0.05) is 34.5 Å². The lowest BCUT2D eigenvalue weighted by Crippen LogP contribution is -2.54. The summed E-state index contributed by atoms with van der Waals surface area (Å²) in [5.74, 6) is 1.79. The molecular weight excluding hydrogens is 537 g/mol. The number of hydrogen-bond donors (Lipinski definition) is 2. The van der Waals surface area contributed by atoms with Gasteiger partial charge >= 0.3 is 0 Å². The van der Waals surface area contributed by atoms with Gasteiger partial charge < -0.3 is 9.80 Å². The van der Waals surface area contributed by atoms with Gasteiger partial charge in [-0.25, -0.2) is 19.5 Å². The highest BCUT2D eigenvalue weighted by atomic mass is 35.5. The number of aryl methyl sites for hydroxylation is 1. The zero-order chi connectivity index (χ0) is 26.3. The molecule has 0 aliphatic carbocycles. The van der Waals surface area contributed by atoms with Gasteiger partial charge in [-0.3, -0.25) is 0 Å². The van der Waals surface area contributed by atoms with Crippen LogP contribution in [-0.2, 0) is 10.2 Å². The van der Waals surface area contributed by atoms with Gasteiger partial charge in [0, 0.05) is 42.8 Å². The molecule has 0 radical (unpaired) electrons. The summed E-state index contributed by atoms with van der Waals surface area (Å²) < 4.78 is 26.4. The van der Waals surface area contributed by atoms with Crippen LogP contribution in [0.15, 0.2) is 18.2 Å². The molecule has 3 aromatic rings. The lowest BCUT2D eigenvalue weighted by Gasteiger charge is -2.46. The molecule has 2 atom stereocenters. The van der Waals surface area contributed by atoms with E-state index in [0.29, 0.717) is 52.1 Å². The Morgan fingerprint density at radius 3 is 2.70 bits per heavy atom. The Balaban J connectivity index is 1.26. The van der Waals surface area contributed by atoms with E-state index in [1.165, 1.54) is 6.42 Å². The standard InChI is InChI=1S/C23H31Cl2N9O2S/c1-14-21-22(34(31-30-21)15(2)19-6-5-18(24)10-20(19)25)29-23(28-14)33-12-17(13-33)16-4-3-8-32(11-16)9-7-27-37(26,35)36/h5-6,10,15-17,27H,3-4,7-9,11-13H2,1-2H3,(H2,26,35,36)/t15-,16+/m1/s1. The van der Waals surface area contributed by atoms with Crippen LogP contribution in [0, 0.1) is 18.8 Å². The van der Waals surface area contributed by atoms with Crippen LogP contribution in [0.2, 0.25) is 10.0 Å². The van der Waals surface area contributed by atoms with Crippen molar-refractivity contribution in [3.05, 3.63) is 39.5 Å². The number of likely N-dealkylation sites (tertiary alicyclic amines) is 1. The highest BCUT2D eigenvalue weighted by molar-refractivity contribution is 7.87. The maximum Gasteiger partial charge on any atom is 0.274 e. The summed E-state index contributed by atoms with van der Waals surface area (Å²) in [5.41, 5.74) is 3.03. The maximum atomic E-state index is 11.1. The predicted octanol–water partition coefficient (Wildman–Crippen LogP) is 2.39. The molecule has 2 aromatic heterocycles. The zero-order valence-electron chi connectivity index (χ0n) is 20.8. The van der Waals surface area contributed by atoms with Crippen molar-refractivity contribution in [2.45, 2.75) is 32.7 Å². The molecule has 4 heterocycles. The van der Waals surface area contributed by atoms with E-state index in [2.05, 4.69) is 24.8 Å². The van der Waals surface area contributed by atoms with Crippen molar-refractivity contribution in [2.75, 3.05) is 44.2 Å². The van der Waals surface area contributed by atoms with Crippen molar-refractivity contribution < 1.29 is 8.42 Å². The monoisotopic (exact) mass is 567 g/mol. The number of nitrogens with zero attached hydrogens (tertiary/aromatic N) is 7. The van der Waals surface area contributed by atoms with Gasteiger partial charge in [-0.15, -0.1) is 5.10 Å². The van der Waals surface area contributed by atoms with Crippen molar-refractivity contribution in [1.29, 1.82) is 0 Å². The van der Waals surface area contributed by atoms with Gasteiger partial charge in [0.25, 0.3) is 10.2 Å². The Hall–Kier alpha value is -2.09. The zero-order valence-corrected chi connectivity index (χ0v) is 23.1. The molecule has 0 amide bonds. The van der Waals surface area contributed by atoms with Crippen LogP contribution in [0.5, 0.6) is 0 Å². The fourth-order valence-electron chi connectivity index (χ4n) is 5.32. The molecule has 2 saturated heterocycles. The van der Waals surface area contributed by atoms with Crippen molar-refractivity contribution in [1.82, 2.24) is 34.6 Å². The lowest BCUT2D eigenvalue weighted by molar-refractivity contribution is 0.121. The number of rotatable bonds is 8.